The van der Waals surface area contributed by atoms with Crippen molar-refractivity contribution in [1.82, 2.24) is 14.5 Å². The molecule has 0 radical (unpaired) electrons. The third kappa shape index (κ3) is 2.22. The van der Waals surface area contributed by atoms with Gasteiger partial charge in [0, 0.05) is 15.5 Å². The summed E-state index contributed by atoms with van der Waals surface area (Å²) in [6, 6.07) is 15.9. The number of nitrogens with two attached hydrogens (primary N) is 1. The summed E-state index contributed by atoms with van der Waals surface area (Å²) in [5.41, 5.74) is 10.4. The van der Waals surface area contributed by atoms with Gasteiger partial charge in [0.15, 0.2) is 5.82 Å². The van der Waals surface area contributed by atoms with Gasteiger partial charge in [-0.15, -0.1) is 0 Å². The maximum atomic E-state index is 8.80. The van der Waals surface area contributed by atoms with Gasteiger partial charge >= 0.3 is 0 Å². The van der Waals surface area contributed by atoms with Crippen molar-refractivity contribution < 1.29 is 0 Å². The molecule has 0 bridgehead atoms. The molecule has 0 saturated carbocycles. The van der Waals surface area contributed by atoms with Crippen molar-refractivity contribution in [2.24, 2.45) is 0 Å². The normalized spacial score (nSPS) is 11.0. The summed E-state index contributed by atoms with van der Waals surface area (Å²) in [5.74, 6) is 0.412. The molecule has 0 aliphatic carbocycles. The second kappa shape index (κ2) is 5.62. The summed E-state index contributed by atoms with van der Waals surface area (Å²) in [6.45, 7) is 0. The molecule has 0 aliphatic rings. The number of halogens is 1. The van der Waals surface area contributed by atoms with E-state index in [2.05, 4.69) is 32.0 Å². The molecule has 0 fully saturated rings. The van der Waals surface area contributed by atoms with Gasteiger partial charge in [-0.25, -0.2) is 9.97 Å². The zero-order valence-corrected chi connectivity index (χ0v) is 14.2. The Morgan fingerprint density at radius 3 is 2.71 bits per heavy atom. The van der Waals surface area contributed by atoms with Crippen LogP contribution in [0.15, 0.2) is 53.3 Å². The molecule has 0 spiro atoms. The Morgan fingerprint density at radius 2 is 1.96 bits per heavy atom. The molecule has 0 unspecified atom stereocenters. The smallest absolute Gasteiger partial charge is 0.152 e. The van der Waals surface area contributed by atoms with E-state index < -0.39 is 0 Å². The number of benzene rings is 2. The van der Waals surface area contributed by atoms with Crippen LogP contribution in [-0.4, -0.2) is 14.5 Å². The van der Waals surface area contributed by atoms with E-state index in [1.165, 1.54) is 0 Å². The highest BCUT2D eigenvalue weighted by Gasteiger charge is 2.15. The molecule has 0 amide bonds. The van der Waals surface area contributed by atoms with Crippen LogP contribution in [0, 0.1) is 11.3 Å². The molecule has 0 aliphatic heterocycles. The highest BCUT2D eigenvalue weighted by Crippen LogP contribution is 2.33. The molecule has 24 heavy (non-hydrogen) atoms. The van der Waals surface area contributed by atoms with Gasteiger partial charge in [0.25, 0.3) is 0 Å². The molecule has 4 rings (SSSR count). The molecule has 2 aromatic heterocycles. The SMILES string of the molecule is N#CCc1ccc(-n2cnc3c(N)nc4cccc(Br)c4c32)cc1. The van der Waals surface area contributed by atoms with Gasteiger partial charge in [0.1, 0.15) is 11.8 Å². The van der Waals surface area contributed by atoms with Crippen molar-refractivity contribution in [1.29, 1.82) is 5.26 Å². The molecule has 5 nitrogen and oxygen atoms in total. The van der Waals surface area contributed by atoms with Crippen LogP contribution in [0.5, 0.6) is 0 Å². The lowest BCUT2D eigenvalue weighted by Gasteiger charge is -2.09. The quantitative estimate of drug-likeness (QED) is 0.572. The summed E-state index contributed by atoms with van der Waals surface area (Å²) in [6.07, 6.45) is 2.15. The molecule has 2 heterocycles. The van der Waals surface area contributed by atoms with Crippen molar-refractivity contribution in [3.63, 3.8) is 0 Å². The van der Waals surface area contributed by atoms with E-state index >= 15 is 0 Å². The topological polar surface area (TPSA) is 80.5 Å². The van der Waals surface area contributed by atoms with Crippen molar-refractivity contribution in [3.8, 4) is 11.8 Å². The Bertz CT molecular complexity index is 1110. The first-order valence-corrected chi connectivity index (χ1v) is 8.15. The molecule has 0 atom stereocenters. The molecule has 2 N–H and O–H groups in total. The van der Waals surface area contributed by atoms with Gasteiger partial charge in [0.05, 0.1) is 23.5 Å². The van der Waals surface area contributed by atoms with Crippen LogP contribution in [0.2, 0.25) is 0 Å². The first-order chi connectivity index (χ1) is 11.7. The Morgan fingerprint density at radius 1 is 1.17 bits per heavy atom. The summed E-state index contributed by atoms with van der Waals surface area (Å²) >= 11 is 3.61. The Labute approximate surface area is 146 Å². The zero-order chi connectivity index (χ0) is 16.7. The third-order valence-corrected chi connectivity index (χ3v) is 4.64. The van der Waals surface area contributed by atoms with Gasteiger partial charge in [-0.1, -0.05) is 34.1 Å². The van der Waals surface area contributed by atoms with E-state index in [0.29, 0.717) is 17.8 Å². The lowest BCUT2D eigenvalue weighted by atomic mass is 10.1. The molecular weight excluding hydrogens is 366 g/mol. The number of nitriles is 1. The van der Waals surface area contributed by atoms with Crippen LogP contribution in [0.1, 0.15) is 5.56 Å². The first-order valence-electron chi connectivity index (χ1n) is 7.36. The number of hydrogen-bond acceptors (Lipinski definition) is 4. The van der Waals surface area contributed by atoms with Gasteiger partial charge in [-0.05, 0) is 29.8 Å². The van der Waals surface area contributed by atoms with Crippen LogP contribution in [0.3, 0.4) is 0 Å². The largest absolute Gasteiger partial charge is 0.382 e. The van der Waals surface area contributed by atoms with E-state index in [-0.39, 0.29) is 0 Å². The standard InChI is InChI=1S/C18H12BrN5/c19-13-2-1-3-14-15(13)17-16(18(21)23-14)22-10-24(17)12-6-4-11(5-7-12)8-9-20/h1-7,10H,8H2,(H2,21,23). The summed E-state index contributed by atoms with van der Waals surface area (Å²) in [5, 5.41) is 9.77. The molecule has 0 saturated heterocycles. The fourth-order valence-corrected chi connectivity index (χ4v) is 3.40. The average molecular weight is 378 g/mol. The zero-order valence-electron chi connectivity index (χ0n) is 12.6. The molecule has 116 valence electrons. The molecule has 2 aromatic carbocycles. The van der Waals surface area contributed by atoms with Crippen molar-refractivity contribution in [2.75, 3.05) is 5.73 Å². The van der Waals surface area contributed by atoms with E-state index in [9.17, 15) is 0 Å². The van der Waals surface area contributed by atoms with Gasteiger partial charge in [-0.2, -0.15) is 5.26 Å². The van der Waals surface area contributed by atoms with Crippen molar-refractivity contribution >= 4 is 43.7 Å². The van der Waals surface area contributed by atoms with E-state index in [0.717, 1.165) is 32.1 Å². The van der Waals surface area contributed by atoms with E-state index in [1.54, 1.807) is 6.33 Å². The second-order valence-electron chi connectivity index (χ2n) is 5.44. The van der Waals surface area contributed by atoms with Crippen LogP contribution in [-0.2, 0) is 6.42 Å². The number of fused-ring (bicyclic) bond motifs is 3. The minimum Gasteiger partial charge on any atom is -0.382 e. The average Bonchev–Trinajstić information content (AvgIpc) is 3.01. The predicted molar refractivity (Wildman–Crippen MR) is 97.8 cm³/mol. The fraction of sp³-hybridized carbons (Fsp3) is 0.0556. The number of anilines is 1. The van der Waals surface area contributed by atoms with Crippen molar-refractivity contribution in [3.05, 3.63) is 58.8 Å². The highest BCUT2D eigenvalue weighted by atomic mass is 79.9. The maximum Gasteiger partial charge on any atom is 0.152 e. The minimum atomic E-state index is 0.399. The summed E-state index contributed by atoms with van der Waals surface area (Å²) in [7, 11) is 0. The number of hydrogen-bond donors (Lipinski definition) is 1. The second-order valence-corrected chi connectivity index (χ2v) is 6.30. The van der Waals surface area contributed by atoms with Gasteiger partial charge in [-0.3, -0.25) is 4.57 Å². The minimum absolute atomic E-state index is 0.399. The van der Waals surface area contributed by atoms with Gasteiger partial charge in [0.2, 0.25) is 0 Å². The maximum absolute atomic E-state index is 8.80. The lowest BCUT2D eigenvalue weighted by Crippen LogP contribution is -1.97. The van der Waals surface area contributed by atoms with Crippen LogP contribution in [0.4, 0.5) is 5.82 Å². The predicted octanol–water partition coefficient (Wildman–Crippen LogP) is 3.98. The summed E-state index contributed by atoms with van der Waals surface area (Å²) < 4.78 is 2.94. The Kier molecular flexibility index (Phi) is 3.44. The molecule has 4 aromatic rings. The molecule has 6 heteroatoms. The molecular formula is C18H12BrN5. The monoisotopic (exact) mass is 377 g/mol. The van der Waals surface area contributed by atoms with Gasteiger partial charge < -0.3 is 5.73 Å². The van der Waals surface area contributed by atoms with Crippen LogP contribution in [0.25, 0.3) is 27.6 Å². The third-order valence-electron chi connectivity index (χ3n) is 3.98. The number of rotatable bonds is 2. The van der Waals surface area contributed by atoms with E-state index in [4.69, 9.17) is 11.0 Å². The summed E-state index contributed by atoms with van der Waals surface area (Å²) in [4.78, 5) is 8.89. The van der Waals surface area contributed by atoms with Crippen LogP contribution < -0.4 is 5.73 Å². The van der Waals surface area contributed by atoms with Crippen molar-refractivity contribution in [2.45, 2.75) is 6.42 Å². The Hall–Kier alpha value is -2.91. The number of pyridine rings is 1. The number of nitrogens with zero attached hydrogens (tertiary/aromatic N) is 4. The number of nitrogen functional groups attached to an aromatic ring is 1. The number of aromatic nitrogens is 3. The first kappa shape index (κ1) is 14.7. The number of imidazole rings is 1. The van der Waals surface area contributed by atoms with Crippen LogP contribution >= 0.6 is 15.9 Å². The highest BCUT2D eigenvalue weighted by molar-refractivity contribution is 9.10. The van der Waals surface area contributed by atoms with E-state index in [1.807, 2.05) is 47.0 Å². The Balaban J connectivity index is 2.03. The lowest BCUT2D eigenvalue weighted by molar-refractivity contribution is 1.09. The fourth-order valence-electron chi connectivity index (χ4n) is 2.86.